The number of rotatable bonds is 14. The average Bonchev–Trinajstić information content (AvgIpc) is 2.90. The first-order valence-corrected chi connectivity index (χ1v) is 14.7. The summed E-state index contributed by atoms with van der Waals surface area (Å²) in [6.45, 7) is 12.8. The zero-order chi connectivity index (χ0) is 30.6. The Morgan fingerprint density at radius 2 is 1.56 bits per heavy atom. The predicted octanol–water partition coefficient (Wildman–Crippen LogP) is 6.37. The molecule has 2 unspecified atom stereocenters. The third kappa shape index (κ3) is 10.8. The van der Waals surface area contributed by atoms with Gasteiger partial charge < -0.3 is 25.4 Å². The third-order valence-corrected chi connectivity index (χ3v) is 7.02. The molecule has 0 aliphatic carbocycles. The number of nitrogens with zero attached hydrogens (tertiary/aromatic N) is 1. The van der Waals surface area contributed by atoms with E-state index in [2.05, 4.69) is 17.6 Å². The molecule has 0 saturated heterocycles. The van der Waals surface area contributed by atoms with Crippen molar-refractivity contribution in [2.24, 2.45) is 0 Å². The largest absolute Gasteiger partial charge is 0.444 e. The molecule has 226 valence electrons. The SMILES string of the molecule is CCCCCCCCN(C(=O)C(CO)NC(=O)OC(C)(C)C)C(C(=O)Nc1ccccc1C)c1ccc(C)c(C)c1. The number of amides is 3. The number of benzene rings is 2. The predicted molar refractivity (Wildman–Crippen MR) is 164 cm³/mol. The minimum absolute atomic E-state index is 0.288. The number of unbranched alkanes of at least 4 members (excludes halogenated alkanes) is 5. The van der Waals surface area contributed by atoms with E-state index in [-0.39, 0.29) is 12.5 Å². The van der Waals surface area contributed by atoms with Gasteiger partial charge in [0.2, 0.25) is 5.91 Å². The lowest BCUT2D eigenvalue weighted by atomic mass is 9.97. The number of ether oxygens (including phenoxy) is 1. The van der Waals surface area contributed by atoms with Gasteiger partial charge in [-0.05, 0) is 76.3 Å². The minimum Gasteiger partial charge on any atom is -0.444 e. The highest BCUT2D eigenvalue weighted by Crippen LogP contribution is 2.28. The first-order valence-electron chi connectivity index (χ1n) is 14.7. The molecule has 2 rings (SSSR count). The van der Waals surface area contributed by atoms with Crippen LogP contribution in [0.5, 0.6) is 0 Å². The normalized spacial score (nSPS) is 12.8. The molecule has 0 spiro atoms. The van der Waals surface area contributed by atoms with E-state index >= 15 is 0 Å². The lowest BCUT2D eigenvalue weighted by molar-refractivity contribution is -0.141. The lowest BCUT2D eigenvalue weighted by Gasteiger charge is -2.34. The molecule has 0 bridgehead atoms. The summed E-state index contributed by atoms with van der Waals surface area (Å²) >= 11 is 0. The summed E-state index contributed by atoms with van der Waals surface area (Å²) < 4.78 is 5.34. The molecule has 8 nitrogen and oxygen atoms in total. The summed E-state index contributed by atoms with van der Waals surface area (Å²) in [6.07, 6.45) is 5.19. The third-order valence-electron chi connectivity index (χ3n) is 7.02. The summed E-state index contributed by atoms with van der Waals surface area (Å²) in [5.41, 5.74) is 3.50. The van der Waals surface area contributed by atoms with Crippen LogP contribution in [0.1, 0.15) is 94.5 Å². The molecule has 2 atom stereocenters. The molecule has 0 heterocycles. The number of anilines is 1. The Labute approximate surface area is 245 Å². The monoisotopic (exact) mass is 567 g/mol. The van der Waals surface area contributed by atoms with Crippen molar-refractivity contribution in [1.82, 2.24) is 10.2 Å². The van der Waals surface area contributed by atoms with E-state index in [1.807, 2.05) is 63.2 Å². The Bertz CT molecular complexity index is 1160. The van der Waals surface area contributed by atoms with Crippen LogP contribution in [-0.4, -0.2) is 52.7 Å². The van der Waals surface area contributed by atoms with E-state index in [4.69, 9.17) is 4.74 Å². The lowest BCUT2D eigenvalue weighted by Crippen LogP contribution is -2.54. The number of hydrogen-bond donors (Lipinski definition) is 3. The number of aliphatic hydroxyl groups excluding tert-OH is 1. The molecule has 3 N–H and O–H groups in total. The van der Waals surface area contributed by atoms with E-state index in [0.29, 0.717) is 17.7 Å². The van der Waals surface area contributed by atoms with Crippen molar-refractivity contribution in [3.63, 3.8) is 0 Å². The van der Waals surface area contributed by atoms with Gasteiger partial charge in [0.15, 0.2) is 0 Å². The van der Waals surface area contributed by atoms with E-state index in [1.54, 1.807) is 20.8 Å². The highest BCUT2D eigenvalue weighted by Gasteiger charge is 2.36. The van der Waals surface area contributed by atoms with Gasteiger partial charge in [-0.2, -0.15) is 0 Å². The molecule has 0 fully saturated rings. The average molecular weight is 568 g/mol. The van der Waals surface area contributed by atoms with Crippen LogP contribution in [-0.2, 0) is 14.3 Å². The molecule has 2 aromatic carbocycles. The molecular formula is C33H49N3O5. The van der Waals surface area contributed by atoms with Crippen LogP contribution in [0.25, 0.3) is 0 Å². The number of aliphatic hydroxyl groups is 1. The fraction of sp³-hybridized carbons (Fsp3) is 0.545. The molecule has 0 saturated carbocycles. The van der Waals surface area contributed by atoms with Crippen LogP contribution in [0, 0.1) is 20.8 Å². The topological polar surface area (TPSA) is 108 Å². The molecule has 0 aliphatic rings. The van der Waals surface area contributed by atoms with E-state index in [1.165, 1.54) is 4.90 Å². The van der Waals surface area contributed by atoms with Crippen LogP contribution in [0.2, 0.25) is 0 Å². The Morgan fingerprint density at radius 1 is 0.902 bits per heavy atom. The molecule has 0 aliphatic heterocycles. The van der Waals surface area contributed by atoms with Gasteiger partial charge in [-0.25, -0.2) is 4.79 Å². The second-order valence-electron chi connectivity index (χ2n) is 11.7. The minimum atomic E-state index is -1.27. The molecule has 8 heteroatoms. The number of carbonyl (C=O) groups excluding carboxylic acids is 3. The molecule has 0 aromatic heterocycles. The van der Waals surface area contributed by atoms with Crippen molar-refractivity contribution in [1.29, 1.82) is 0 Å². The van der Waals surface area contributed by atoms with Crippen LogP contribution < -0.4 is 10.6 Å². The van der Waals surface area contributed by atoms with E-state index < -0.39 is 36.3 Å². The zero-order valence-corrected chi connectivity index (χ0v) is 25.9. The maximum absolute atomic E-state index is 14.0. The van der Waals surface area contributed by atoms with Gasteiger partial charge in [0.25, 0.3) is 5.91 Å². The van der Waals surface area contributed by atoms with Gasteiger partial charge in [-0.1, -0.05) is 75.4 Å². The Hall–Kier alpha value is -3.39. The van der Waals surface area contributed by atoms with Gasteiger partial charge in [0.1, 0.15) is 17.7 Å². The number of aryl methyl sites for hydroxylation is 3. The smallest absolute Gasteiger partial charge is 0.408 e. The first kappa shape index (κ1) is 33.8. The zero-order valence-electron chi connectivity index (χ0n) is 25.9. The number of nitrogens with one attached hydrogen (secondary N) is 2. The van der Waals surface area contributed by atoms with Crippen molar-refractivity contribution in [2.75, 3.05) is 18.5 Å². The van der Waals surface area contributed by atoms with Crippen molar-refractivity contribution in [3.05, 3.63) is 64.7 Å². The van der Waals surface area contributed by atoms with Crippen molar-refractivity contribution < 1.29 is 24.2 Å². The number of alkyl carbamates (subject to hydrolysis) is 1. The van der Waals surface area contributed by atoms with Crippen molar-refractivity contribution >= 4 is 23.6 Å². The van der Waals surface area contributed by atoms with Gasteiger partial charge in [-0.3, -0.25) is 9.59 Å². The van der Waals surface area contributed by atoms with Crippen molar-refractivity contribution in [2.45, 2.75) is 105 Å². The van der Waals surface area contributed by atoms with Gasteiger partial charge in [-0.15, -0.1) is 0 Å². The van der Waals surface area contributed by atoms with E-state index in [9.17, 15) is 19.5 Å². The van der Waals surface area contributed by atoms with Crippen LogP contribution in [0.3, 0.4) is 0 Å². The van der Waals surface area contributed by atoms with Gasteiger partial charge in [0.05, 0.1) is 6.61 Å². The molecule has 41 heavy (non-hydrogen) atoms. The van der Waals surface area contributed by atoms with E-state index in [0.717, 1.165) is 48.8 Å². The maximum Gasteiger partial charge on any atom is 0.408 e. The standard InChI is InChI=1S/C33H49N3O5/c1-8-9-10-11-12-15-20-36(31(39)28(22-37)35-32(40)41-33(5,6)7)29(26-19-18-23(2)25(4)21-26)30(38)34-27-17-14-13-16-24(27)3/h13-14,16-19,21,28-29,37H,8-12,15,20,22H2,1-7H3,(H,34,38)(H,35,40). The summed E-state index contributed by atoms with van der Waals surface area (Å²) in [6, 6.07) is 11.0. The quantitative estimate of drug-likeness (QED) is 0.230. The Balaban J connectivity index is 2.49. The number of para-hydroxylation sites is 1. The fourth-order valence-electron chi connectivity index (χ4n) is 4.59. The second-order valence-corrected chi connectivity index (χ2v) is 11.7. The fourth-order valence-corrected chi connectivity index (χ4v) is 4.59. The summed E-state index contributed by atoms with van der Waals surface area (Å²) in [7, 11) is 0. The highest BCUT2D eigenvalue weighted by molar-refractivity contribution is 5.99. The second kappa shape index (κ2) is 16.2. The Morgan fingerprint density at radius 3 is 2.17 bits per heavy atom. The molecular weight excluding hydrogens is 518 g/mol. The molecule has 2 aromatic rings. The van der Waals surface area contributed by atoms with Crippen molar-refractivity contribution in [3.8, 4) is 0 Å². The first-order chi connectivity index (χ1) is 19.4. The van der Waals surface area contributed by atoms with Gasteiger partial charge in [0, 0.05) is 12.2 Å². The summed E-state index contributed by atoms with van der Waals surface area (Å²) in [5, 5.41) is 15.7. The number of hydrogen-bond acceptors (Lipinski definition) is 5. The number of carbonyl (C=O) groups is 3. The summed E-state index contributed by atoms with van der Waals surface area (Å²) in [4.78, 5) is 42.1. The highest BCUT2D eigenvalue weighted by atomic mass is 16.6. The molecule has 0 radical (unpaired) electrons. The molecule has 3 amide bonds. The maximum atomic E-state index is 14.0. The Kier molecular flexibility index (Phi) is 13.3. The van der Waals surface area contributed by atoms with Gasteiger partial charge >= 0.3 is 6.09 Å². The summed E-state index contributed by atoms with van der Waals surface area (Å²) in [5.74, 6) is -0.911. The van der Waals surface area contributed by atoms with Crippen LogP contribution >= 0.6 is 0 Å². The van der Waals surface area contributed by atoms with Crippen LogP contribution in [0.15, 0.2) is 42.5 Å². The van der Waals surface area contributed by atoms with Crippen LogP contribution in [0.4, 0.5) is 10.5 Å².